The van der Waals surface area contributed by atoms with Crippen LogP contribution in [0.4, 0.5) is 42.8 Å². The molecule has 12 heteroatoms. The van der Waals surface area contributed by atoms with Crippen molar-refractivity contribution in [3.8, 4) is 0 Å². The van der Waals surface area contributed by atoms with Gasteiger partial charge in [-0.2, -0.15) is 10.1 Å². The lowest BCUT2D eigenvalue weighted by Gasteiger charge is -2.38. The number of hydrogen-bond acceptors (Lipinski definition) is 6. The molecule has 36 heavy (non-hydrogen) atoms. The molecule has 3 N–H and O–H groups in total. The molecule has 1 aliphatic rings. The van der Waals surface area contributed by atoms with Crippen molar-refractivity contribution in [1.29, 1.82) is 0 Å². The molecule has 0 saturated heterocycles. The Morgan fingerprint density at radius 2 is 1.92 bits per heavy atom. The fourth-order valence-corrected chi connectivity index (χ4v) is 3.78. The minimum atomic E-state index is -0.633. The fraction of sp³-hybridized carbons (Fsp3) is 0.375. The van der Waals surface area contributed by atoms with Gasteiger partial charge in [-0.15, -0.1) is 0 Å². The highest BCUT2D eigenvalue weighted by Crippen LogP contribution is 2.33. The summed E-state index contributed by atoms with van der Waals surface area (Å²) in [6, 6.07) is 3.01. The number of carbonyl (C=O) groups excluding carboxylic acids is 2. The van der Waals surface area contributed by atoms with E-state index in [0.717, 1.165) is 5.56 Å². The summed E-state index contributed by atoms with van der Waals surface area (Å²) in [5.74, 6) is 0.307. The van der Waals surface area contributed by atoms with Crippen LogP contribution in [0.5, 0.6) is 0 Å². The van der Waals surface area contributed by atoms with Gasteiger partial charge in [0.1, 0.15) is 11.6 Å². The molecule has 2 aromatic heterocycles. The highest BCUT2D eigenvalue weighted by Gasteiger charge is 2.35. The second kappa shape index (κ2) is 9.44. The predicted molar refractivity (Wildman–Crippen MR) is 137 cm³/mol. The second-order valence-corrected chi connectivity index (χ2v) is 9.71. The second-order valence-electron chi connectivity index (χ2n) is 9.71. The molecule has 0 unspecified atom stereocenters. The lowest BCUT2D eigenvalue weighted by Crippen LogP contribution is -2.51. The standard InChI is InChI=1S/C24H30FN9O2/c1-14(2)34-20-15(10-27-21(26-6)31-20)12-32(23(34)36)17-7-8-18(25)19(9-17)30-22(35)29-16-11-28-33(13-16)24(3,4)5/h7-11,13-14H,12H2,1-6H3,(H,26,27,31)(H2,29,30,35). The zero-order valence-corrected chi connectivity index (χ0v) is 21.1. The van der Waals surface area contributed by atoms with Crippen molar-refractivity contribution in [1.82, 2.24) is 19.7 Å². The molecule has 1 aliphatic heterocycles. The number of rotatable bonds is 5. The van der Waals surface area contributed by atoms with E-state index >= 15 is 0 Å². The van der Waals surface area contributed by atoms with Crippen molar-refractivity contribution in [2.75, 3.05) is 32.8 Å². The summed E-state index contributed by atoms with van der Waals surface area (Å²) in [6.45, 7) is 9.92. The summed E-state index contributed by atoms with van der Waals surface area (Å²) in [4.78, 5) is 37.8. The van der Waals surface area contributed by atoms with Crippen LogP contribution in [0.1, 0.15) is 40.2 Å². The number of nitrogens with one attached hydrogen (secondary N) is 3. The number of halogens is 1. The third-order valence-corrected chi connectivity index (χ3v) is 5.61. The molecule has 3 aromatic rings. The largest absolute Gasteiger partial charge is 0.357 e. The Labute approximate surface area is 208 Å². The Bertz CT molecular complexity index is 1300. The molecule has 4 rings (SSSR count). The van der Waals surface area contributed by atoms with E-state index in [1.807, 2.05) is 34.6 Å². The number of fused-ring (bicyclic) bond motifs is 1. The maximum absolute atomic E-state index is 14.6. The third kappa shape index (κ3) is 4.92. The van der Waals surface area contributed by atoms with Gasteiger partial charge in [0.05, 0.1) is 29.7 Å². The van der Waals surface area contributed by atoms with Crippen LogP contribution in [0.2, 0.25) is 0 Å². The maximum atomic E-state index is 14.6. The van der Waals surface area contributed by atoms with Gasteiger partial charge in [0, 0.05) is 36.7 Å². The predicted octanol–water partition coefficient (Wildman–Crippen LogP) is 4.61. The number of carbonyl (C=O) groups is 2. The number of anilines is 5. The average Bonchev–Trinajstić information content (AvgIpc) is 3.28. The van der Waals surface area contributed by atoms with Gasteiger partial charge >= 0.3 is 12.1 Å². The number of hydrogen-bond donors (Lipinski definition) is 3. The normalized spacial score (nSPS) is 13.6. The van der Waals surface area contributed by atoms with Crippen LogP contribution in [0.3, 0.4) is 0 Å². The Morgan fingerprint density at radius 3 is 2.56 bits per heavy atom. The molecule has 0 radical (unpaired) electrons. The number of amides is 4. The van der Waals surface area contributed by atoms with Crippen LogP contribution in [-0.4, -0.2) is 44.9 Å². The minimum absolute atomic E-state index is 0.0651. The number of aromatic nitrogens is 4. The first-order valence-electron chi connectivity index (χ1n) is 11.5. The van der Waals surface area contributed by atoms with Crippen LogP contribution in [0.25, 0.3) is 0 Å². The van der Waals surface area contributed by atoms with Crippen molar-refractivity contribution < 1.29 is 14.0 Å². The Balaban J connectivity index is 1.57. The van der Waals surface area contributed by atoms with E-state index in [1.54, 1.807) is 29.0 Å². The lowest BCUT2D eigenvalue weighted by molar-refractivity contribution is 0.248. The van der Waals surface area contributed by atoms with E-state index in [1.165, 1.54) is 29.3 Å². The zero-order chi connectivity index (χ0) is 26.2. The summed E-state index contributed by atoms with van der Waals surface area (Å²) in [6.07, 6.45) is 4.87. The number of nitrogens with zero attached hydrogens (tertiary/aromatic N) is 6. The first-order chi connectivity index (χ1) is 17.0. The molecule has 4 amide bonds. The molecule has 0 spiro atoms. The molecule has 11 nitrogen and oxygen atoms in total. The van der Waals surface area contributed by atoms with Gasteiger partial charge in [-0.05, 0) is 52.8 Å². The molecular weight excluding hydrogens is 465 g/mol. The summed E-state index contributed by atoms with van der Waals surface area (Å²) in [5, 5.41) is 12.3. The van der Waals surface area contributed by atoms with Gasteiger partial charge in [0.25, 0.3) is 0 Å². The minimum Gasteiger partial charge on any atom is -0.357 e. The van der Waals surface area contributed by atoms with Gasteiger partial charge in [0.2, 0.25) is 5.95 Å². The Kier molecular flexibility index (Phi) is 6.53. The molecule has 0 atom stereocenters. The highest BCUT2D eigenvalue weighted by molar-refractivity contribution is 6.06. The van der Waals surface area contributed by atoms with E-state index in [2.05, 4.69) is 31.0 Å². The molecular formula is C24H30FN9O2. The summed E-state index contributed by atoms with van der Waals surface area (Å²) in [7, 11) is 1.71. The van der Waals surface area contributed by atoms with E-state index in [4.69, 9.17) is 0 Å². The average molecular weight is 496 g/mol. The monoisotopic (exact) mass is 495 g/mol. The molecule has 0 bridgehead atoms. The van der Waals surface area contributed by atoms with Crippen molar-refractivity contribution >= 4 is 40.9 Å². The summed E-state index contributed by atoms with van der Waals surface area (Å²) < 4.78 is 16.3. The van der Waals surface area contributed by atoms with E-state index in [0.29, 0.717) is 23.1 Å². The lowest BCUT2D eigenvalue weighted by atomic mass is 10.1. The van der Waals surface area contributed by atoms with Crippen LogP contribution in [-0.2, 0) is 12.1 Å². The first kappa shape index (κ1) is 24.9. The highest BCUT2D eigenvalue weighted by atomic mass is 19.1. The smallest absolute Gasteiger partial charge is 0.330 e. The topological polar surface area (TPSA) is 120 Å². The van der Waals surface area contributed by atoms with Crippen molar-refractivity contribution in [3.05, 3.63) is 48.2 Å². The summed E-state index contributed by atoms with van der Waals surface area (Å²) >= 11 is 0. The first-order valence-corrected chi connectivity index (χ1v) is 11.5. The van der Waals surface area contributed by atoms with Crippen LogP contribution < -0.4 is 25.8 Å². The van der Waals surface area contributed by atoms with Gasteiger partial charge in [0.15, 0.2) is 0 Å². The van der Waals surface area contributed by atoms with Crippen molar-refractivity contribution in [2.24, 2.45) is 0 Å². The quantitative estimate of drug-likeness (QED) is 0.476. The van der Waals surface area contributed by atoms with Gasteiger partial charge < -0.3 is 16.0 Å². The van der Waals surface area contributed by atoms with Crippen LogP contribution in [0.15, 0.2) is 36.8 Å². The van der Waals surface area contributed by atoms with Crippen molar-refractivity contribution in [2.45, 2.75) is 52.7 Å². The van der Waals surface area contributed by atoms with Gasteiger partial charge in [-0.3, -0.25) is 14.5 Å². The number of urea groups is 2. The van der Waals surface area contributed by atoms with Crippen molar-refractivity contribution in [3.63, 3.8) is 0 Å². The maximum Gasteiger partial charge on any atom is 0.330 e. The molecule has 0 fully saturated rings. The fourth-order valence-electron chi connectivity index (χ4n) is 3.78. The van der Waals surface area contributed by atoms with E-state index in [-0.39, 0.29) is 29.8 Å². The number of benzene rings is 1. The van der Waals surface area contributed by atoms with Crippen LogP contribution >= 0.6 is 0 Å². The molecule has 3 heterocycles. The molecule has 190 valence electrons. The van der Waals surface area contributed by atoms with E-state index < -0.39 is 11.8 Å². The Hall–Kier alpha value is -4.22. The van der Waals surface area contributed by atoms with Crippen LogP contribution in [0, 0.1) is 5.82 Å². The van der Waals surface area contributed by atoms with E-state index in [9.17, 15) is 14.0 Å². The zero-order valence-electron chi connectivity index (χ0n) is 21.1. The van der Waals surface area contributed by atoms with Gasteiger partial charge in [-0.25, -0.2) is 19.0 Å². The van der Waals surface area contributed by atoms with Gasteiger partial charge in [-0.1, -0.05) is 0 Å². The molecule has 0 aliphatic carbocycles. The summed E-state index contributed by atoms with van der Waals surface area (Å²) in [5.41, 5.74) is 1.32. The molecule has 1 aromatic carbocycles. The SMILES string of the molecule is CNc1ncc2c(n1)N(C(C)C)C(=O)N(c1ccc(F)c(NC(=O)Nc3cnn(C(C)(C)C)c3)c1)C2. The third-order valence-electron chi connectivity index (χ3n) is 5.61. The molecule has 0 saturated carbocycles. The Morgan fingerprint density at radius 1 is 1.17 bits per heavy atom.